The van der Waals surface area contributed by atoms with Gasteiger partial charge in [0.25, 0.3) is 0 Å². The fourth-order valence-electron chi connectivity index (χ4n) is 2.12. The van der Waals surface area contributed by atoms with Crippen molar-refractivity contribution in [2.45, 2.75) is 6.10 Å². The molecule has 0 spiro atoms. The lowest BCUT2D eigenvalue weighted by atomic mass is 10.1. The van der Waals surface area contributed by atoms with Crippen molar-refractivity contribution in [2.75, 3.05) is 13.2 Å². The van der Waals surface area contributed by atoms with Gasteiger partial charge in [-0.3, -0.25) is 4.79 Å². The summed E-state index contributed by atoms with van der Waals surface area (Å²) in [5.74, 6) is 0.466. The number of benzene rings is 2. The number of hydrogen-bond acceptors (Lipinski definition) is 5. The van der Waals surface area contributed by atoms with E-state index >= 15 is 0 Å². The molecule has 108 valence electrons. The van der Waals surface area contributed by atoms with E-state index in [0.717, 1.165) is 0 Å². The van der Waals surface area contributed by atoms with Crippen LogP contribution in [0.25, 0.3) is 21.9 Å². The van der Waals surface area contributed by atoms with Crippen LogP contribution in [-0.2, 0) is 0 Å². The van der Waals surface area contributed by atoms with Gasteiger partial charge in [0.1, 0.15) is 29.6 Å². The highest BCUT2D eigenvalue weighted by Crippen LogP contribution is 2.22. The number of aliphatic hydroxyl groups excluding tert-OH is 2. The normalized spacial score (nSPS) is 12.7. The molecule has 1 heterocycles. The minimum absolute atomic E-state index is 0.0280. The molecule has 3 aromatic rings. The molecule has 0 aliphatic carbocycles. The van der Waals surface area contributed by atoms with Crippen LogP contribution in [0.4, 0.5) is 0 Å². The van der Waals surface area contributed by atoms with E-state index in [4.69, 9.17) is 14.3 Å². The summed E-state index contributed by atoms with van der Waals surface area (Å²) in [5.41, 5.74) is 0.853. The van der Waals surface area contributed by atoms with Crippen LogP contribution in [0.15, 0.2) is 51.7 Å². The van der Waals surface area contributed by atoms with Gasteiger partial charge in [-0.25, -0.2) is 0 Å². The first-order chi connectivity index (χ1) is 10.2. The maximum atomic E-state index is 12.3. The average Bonchev–Trinajstić information content (AvgIpc) is 2.52. The van der Waals surface area contributed by atoms with Crippen LogP contribution < -0.4 is 10.2 Å². The van der Waals surface area contributed by atoms with Gasteiger partial charge >= 0.3 is 0 Å². The minimum Gasteiger partial charge on any atom is -0.491 e. The van der Waals surface area contributed by atoms with Crippen molar-refractivity contribution in [2.24, 2.45) is 0 Å². The molecule has 3 rings (SSSR count). The highest BCUT2D eigenvalue weighted by atomic mass is 16.5. The smallest absolute Gasteiger partial charge is 0.200 e. The van der Waals surface area contributed by atoms with E-state index in [0.29, 0.717) is 27.7 Å². The molecule has 1 unspecified atom stereocenters. The summed E-state index contributed by atoms with van der Waals surface area (Å²) in [6, 6.07) is 11.9. The summed E-state index contributed by atoms with van der Waals surface area (Å²) >= 11 is 0. The molecule has 0 aliphatic rings. The van der Waals surface area contributed by atoms with Gasteiger partial charge in [0.2, 0.25) is 5.43 Å². The summed E-state index contributed by atoms with van der Waals surface area (Å²) in [5, 5.41) is 19.0. The molecular weight excluding hydrogens is 272 g/mol. The van der Waals surface area contributed by atoms with Crippen molar-refractivity contribution in [3.63, 3.8) is 0 Å². The van der Waals surface area contributed by atoms with Crippen molar-refractivity contribution < 1.29 is 19.4 Å². The summed E-state index contributed by atoms with van der Waals surface area (Å²) in [7, 11) is 0. The molecule has 0 amide bonds. The monoisotopic (exact) mass is 286 g/mol. The lowest BCUT2D eigenvalue weighted by Crippen LogP contribution is -2.21. The van der Waals surface area contributed by atoms with E-state index < -0.39 is 6.10 Å². The van der Waals surface area contributed by atoms with Crippen LogP contribution in [0, 0.1) is 0 Å². The number of aliphatic hydroxyl groups is 2. The standard InChI is InChI=1S/C16H14O5/c17-8-10(18)9-20-11-5-6-13-15(7-11)21-14-4-2-1-3-12(14)16(13)19/h1-7,10,17-18H,8-9H2. The van der Waals surface area contributed by atoms with Gasteiger partial charge in [-0.1, -0.05) is 12.1 Å². The van der Waals surface area contributed by atoms with Gasteiger partial charge in [0.15, 0.2) is 0 Å². The third-order valence-corrected chi connectivity index (χ3v) is 3.20. The van der Waals surface area contributed by atoms with Gasteiger partial charge in [0.05, 0.1) is 17.4 Å². The van der Waals surface area contributed by atoms with Crippen LogP contribution in [0.2, 0.25) is 0 Å². The zero-order valence-corrected chi connectivity index (χ0v) is 11.2. The van der Waals surface area contributed by atoms with Crippen LogP contribution in [0.1, 0.15) is 0 Å². The van der Waals surface area contributed by atoms with Crippen molar-refractivity contribution in [1.29, 1.82) is 0 Å². The molecule has 0 bridgehead atoms. The molecule has 2 N–H and O–H groups in total. The number of rotatable bonds is 4. The fourth-order valence-corrected chi connectivity index (χ4v) is 2.12. The van der Waals surface area contributed by atoms with E-state index in [1.807, 2.05) is 0 Å². The van der Waals surface area contributed by atoms with Crippen LogP contribution in [0.5, 0.6) is 5.75 Å². The van der Waals surface area contributed by atoms with Gasteiger partial charge in [-0.15, -0.1) is 0 Å². The van der Waals surface area contributed by atoms with E-state index in [1.54, 1.807) is 42.5 Å². The molecule has 0 radical (unpaired) electrons. The first kappa shape index (κ1) is 13.6. The van der Waals surface area contributed by atoms with Crippen molar-refractivity contribution >= 4 is 21.9 Å². The molecule has 0 fully saturated rings. The minimum atomic E-state index is -0.940. The third kappa shape index (κ3) is 2.61. The Hall–Kier alpha value is -2.37. The Kier molecular flexibility index (Phi) is 3.60. The molecule has 2 aromatic carbocycles. The summed E-state index contributed by atoms with van der Waals surface area (Å²) in [6.07, 6.45) is -0.940. The second-order valence-electron chi connectivity index (χ2n) is 4.73. The van der Waals surface area contributed by atoms with E-state index in [9.17, 15) is 9.90 Å². The molecule has 5 heteroatoms. The Morgan fingerprint density at radius 1 is 1.10 bits per heavy atom. The average molecular weight is 286 g/mol. The Morgan fingerprint density at radius 3 is 2.67 bits per heavy atom. The topological polar surface area (TPSA) is 79.9 Å². The molecular formula is C16H14O5. The molecule has 0 aliphatic heterocycles. The maximum absolute atomic E-state index is 12.3. The van der Waals surface area contributed by atoms with Crippen molar-refractivity contribution in [3.8, 4) is 5.75 Å². The Morgan fingerprint density at radius 2 is 1.86 bits per heavy atom. The molecule has 1 aromatic heterocycles. The molecule has 0 saturated heterocycles. The molecule has 5 nitrogen and oxygen atoms in total. The SMILES string of the molecule is O=c1c2ccccc2oc2cc(OCC(O)CO)ccc12. The van der Waals surface area contributed by atoms with Gasteiger partial charge in [0, 0.05) is 6.07 Å². The predicted molar refractivity (Wildman–Crippen MR) is 78.6 cm³/mol. The van der Waals surface area contributed by atoms with Gasteiger partial charge in [-0.2, -0.15) is 0 Å². The predicted octanol–water partition coefficient (Wildman–Crippen LogP) is 1.68. The lowest BCUT2D eigenvalue weighted by molar-refractivity contribution is 0.0536. The molecule has 0 saturated carbocycles. The number of ether oxygens (including phenoxy) is 1. The largest absolute Gasteiger partial charge is 0.491 e. The van der Waals surface area contributed by atoms with Gasteiger partial charge < -0.3 is 19.4 Å². The summed E-state index contributed by atoms with van der Waals surface area (Å²) in [6.45, 7) is -0.396. The lowest BCUT2D eigenvalue weighted by Gasteiger charge is -2.10. The second-order valence-corrected chi connectivity index (χ2v) is 4.73. The van der Waals surface area contributed by atoms with Gasteiger partial charge in [-0.05, 0) is 24.3 Å². The first-order valence-corrected chi connectivity index (χ1v) is 6.56. The zero-order valence-electron chi connectivity index (χ0n) is 11.2. The zero-order chi connectivity index (χ0) is 14.8. The van der Waals surface area contributed by atoms with E-state index in [-0.39, 0.29) is 18.6 Å². The first-order valence-electron chi connectivity index (χ1n) is 6.56. The van der Waals surface area contributed by atoms with Crippen molar-refractivity contribution in [1.82, 2.24) is 0 Å². The molecule has 1 atom stereocenters. The Bertz CT molecular complexity index is 837. The Labute approximate surface area is 120 Å². The third-order valence-electron chi connectivity index (χ3n) is 3.20. The van der Waals surface area contributed by atoms with E-state index in [1.165, 1.54) is 0 Å². The Balaban J connectivity index is 2.05. The number of fused-ring (bicyclic) bond motifs is 2. The van der Waals surface area contributed by atoms with Crippen molar-refractivity contribution in [3.05, 3.63) is 52.7 Å². The quantitative estimate of drug-likeness (QED) is 0.713. The second kappa shape index (κ2) is 5.55. The number of para-hydroxylation sites is 1. The van der Waals surface area contributed by atoms with Crippen LogP contribution in [-0.4, -0.2) is 29.5 Å². The van der Waals surface area contributed by atoms with E-state index in [2.05, 4.69) is 0 Å². The maximum Gasteiger partial charge on any atom is 0.200 e. The van der Waals surface area contributed by atoms with Crippen LogP contribution >= 0.6 is 0 Å². The number of hydrogen-bond donors (Lipinski definition) is 2. The summed E-state index contributed by atoms with van der Waals surface area (Å²) < 4.78 is 11.1. The highest BCUT2D eigenvalue weighted by Gasteiger charge is 2.09. The molecule has 21 heavy (non-hydrogen) atoms. The fraction of sp³-hybridized carbons (Fsp3) is 0.188. The van der Waals surface area contributed by atoms with Crippen LogP contribution in [0.3, 0.4) is 0 Å². The highest BCUT2D eigenvalue weighted by molar-refractivity contribution is 5.90. The summed E-state index contributed by atoms with van der Waals surface area (Å²) in [4.78, 5) is 12.3.